The smallest absolute Gasteiger partial charge is 0.251 e. The molecule has 1 amide bonds. The Balaban J connectivity index is 1.74. The molecule has 28 heavy (non-hydrogen) atoms. The number of hydrogen-bond acceptors (Lipinski definition) is 3. The third kappa shape index (κ3) is 4.68. The van der Waals surface area contributed by atoms with Crippen LogP contribution in [-0.2, 0) is 17.9 Å². The van der Waals surface area contributed by atoms with Crippen molar-refractivity contribution in [1.82, 2.24) is 9.47 Å². The molecule has 0 saturated carbocycles. The minimum absolute atomic E-state index is 0.00515. The third-order valence-electron chi connectivity index (χ3n) is 4.68. The Labute approximate surface area is 164 Å². The molecule has 5 nitrogen and oxygen atoms in total. The molecule has 0 aliphatic carbocycles. The number of hydrogen-bond donors (Lipinski definition) is 0. The van der Waals surface area contributed by atoms with Gasteiger partial charge in [0.25, 0.3) is 5.56 Å². The van der Waals surface area contributed by atoms with Crippen molar-refractivity contribution in [2.45, 2.75) is 20.0 Å². The largest absolute Gasteiger partial charge is 0.497 e. The van der Waals surface area contributed by atoms with Gasteiger partial charge in [0, 0.05) is 25.9 Å². The number of pyridine rings is 1. The zero-order valence-electron chi connectivity index (χ0n) is 16.4. The zero-order valence-corrected chi connectivity index (χ0v) is 16.4. The number of carbonyl (C=O) groups excluding carboxylic acids is 1. The zero-order chi connectivity index (χ0) is 20.1. The predicted octanol–water partition coefficient (Wildman–Crippen LogP) is 3.49. The van der Waals surface area contributed by atoms with Crippen LogP contribution in [0.2, 0.25) is 0 Å². The van der Waals surface area contributed by atoms with Gasteiger partial charge in [0.15, 0.2) is 0 Å². The van der Waals surface area contributed by atoms with Gasteiger partial charge in [0.1, 0.15) is 12.3 Å². The molecule has 0 unspecified atom stereocenters. The van der Waals surface area contributed by atoms with E-state index in [-0.39, 0.29) is 18.0 Å². The summed E-state index contributed by atoms with van der Waals surface area (Å²) in [6.07, 6.45) is 1.72. The van der Waals surface area contributed by atoms with Crippen LogP contribution in [0.4, 0.5) is 0 Å². The summed E-state index contributed by atoms with van der Waals surface area (Å²) < 4.78 is 6.63. The van der Waals surface area contributed by atoms with Crippen molar-refractivity contribution in [1.29, 1.82) is 0 Å². The van der Waals surface area contributed by atoms with Gasteiger partial charge in [-0.15, -0.1) is 0 Å². The molecule has 0 aliphatic rings. The minimum atomic E-state index is -0.200. The fourth-order valence-electron chi connectivity index (χ4n) is 2.93. The lowest BCUT2D eigenvalue weighted by atomic mass is 10.1. The van der Waals surface area contributed by atoms with Crippen LogP contribution in [0, 0.1) is 6.92 Å². The maximum Gasteiger partial charge on any atom is 0.251 e. The SMILES string of the molecule is COc1ccc(-c2ccc(=O)n(CC(=O)N(C)Cc3ccc(C)cc3)c2)cc1. The first-order valence-electron chi connectivity index (χ1n) is 9.10. The fraction of sp³-hybridized carbons (Fsp3) is 0.217. The van der Waals surface area contributed by atoms with Gasteiger partial charge in [-0.3, -0.25) is 9.59 Å². The van der Waals surface area contributed by atoms with Gasteiger partial charge >= 0.3 is 0 Å². The number of nitrogens with zero attached hydrogens (tertiary/aromatic N) is 2. The van der Waals surface area contributed by atoms with Crippen molar-refractivity contribution in [3.63, 3.8) is 0 Å². The van der Waals surface area contributed by atoms with Crippen LogP contribution >= 0.6 is 0 Å². The van der Waals surface area contributed by atoms with Gasteiger partial charge < -0.3 is 14.2 Å². The number of methoxy groups -OCH3 is 1. The molecular formula is C23H24N2O3. The monoisotopic (exact) mass is 376 g/mol. The van der Waals surface area contributed by atoms with E-state index < -0.39 is 0 Å². The molecular weight excluding hydrogens is 352 g/mol. The molecule has 1 heterocycles. The maximum atomic E-state index is 12.6. The molecule has 0 spiro atoms. The van der Waals surface area contributed by atoms with Crippen molar-refractivity contribution in [3.8, 4) is 16.9 Å². The van der Waals surface area contributed by atoms with Crippen molar-refractivity contribution < 1.29 is 9.53 Å². The van der Waals surface area contributed by atoms with E-state index in [9.17, 15) is 9.59 Å². The first kappa shape index (κ1) is 19.4. The van der Waals surface area contributed by atoms with Crippen molar-refractivity contribution in [2.75, 3.05) is 14.2 Å². The van der Waals surface area contributed by atoms with Gasteiger partial charge in [-0.2, -0.15) is 0 Å². The minimum Gasteiger partial charge on any atom is -0.497 e. The normalized spacial score (nSPS) is 10.5. The highest BCUT2D eigenvalue weighted by atomic mass is 16.5. The average molecular weight is 376 g/mol. The van der Waals surface area contributed by atoms with Gasteiger partial charge in [-0.25, -0.2) is 0 Å². The van der Waals surface area contributed by atoms with Crippen molar-refractivity contribution in [3.05, 3.63) is 88.3 Å². The summed E-state index contributed by atoms with van der Waals surface area (Å²) in [5.74, 6) is 0.652. The number of carbonyl (C=O) groups is 1. The van der Waals surface area contributed by atoms with E-state index in [4.69, 9.17) is 4.74 Å². The molecule has 144 valence electrons. The first-order chi connectivity index (χ1) is 13.5. The van der Waals surface area contributed by atoms with E-state index >= 15 is 0 Å². The number of aromatic nitrogens is 1. The predicted molar refractivity (Wildman–Crippen MR) is 110 cm³/mol. The lowest BCUT2D eigenvalue weighted by molar-refractivity contribution is -0.131. The van der Waals surface area contributed by atoms with Crippen LogP contribution in [0.5, 0.6) is 5.75 Å². The van der Waals surface area contributed by atoms with E-state index in [1.165, 1.54) is 16.2 Å². The van der Waals surface area contributed by atoms with Crippen molar-refractivity contribution in [2.24, 2.45) is 0 Å². The first-order valence-corrected chi connectivity index (χ1v) is 9.10. The molecule has 0 aliphatic heterocycles. The topological polar surface area (TPSA) is 51.5 Å². The molecule has 2 aromatic carbocycles. The second-order valence-corrected chi connectivity index (χ2v) is 6.85. The van der Waals surface area contributed by atoms with Crippen LogP contribution < -0.4 is 10.3 Å². The molecule has 0 N–H and O–H groups in total. The summed E-state index contributed by atoms with van der Waals surface area (Å²) in [5, 5.41) is 0. The Kier molecular flexibility index (Phi) is 5.94. The Morgan fingerprint density at radius 1 is 0.964 bits per heavy atom. The number of benzene rings is 2. The maximum absolute atomic E-state index is 12.6. The molecule has 0 saturated heterocycles. The van der Waals surface area contributed by atoms with Gasteiger partial charge in [-0.05, 0) is 41.8 Å². The summed E-state index contributed by atoms with van der Waals surface area (Å²) >= 11 is 0. The summed E-state index contributed by atoms with van der Waals surface area (Å²) in [6.45, 7) is 2.54. The number of ether oxygens (including phenoxy) is 1. The Hall–Kier alpha value is -3.34. The summed E-state index contributed by atoms with van der Waals surface area (Å²) in [4.78, 5) is 26.5. The lowest BCUT2D eigenvalue weighted by Crippen LogP contribution is -2.33. The van der Waals surface area contributed by atoms with Crippen LogP contribution in [0.25, 0.3) is 11.1 Å². The molecule has 3 aromatic rings. The summed E-state index contributed by atoms with van der Waals surface area (Å²) in [6, 6.07) is 18.9. The number of aryl methyl sites for hydroxylation is 1. The Morgan fingerprint density at radius 3 is 2.25 bits per heavy atom. The highest BCUT2D eigenvalue weighted by molar-refractivity contribution is 5.76. The highest BCUT2D eigenvalue weighted by Gasteiger charge is 2.12. The lowest BCUT2D eigenvalue weighted by Gasteiger charge is -2.18. The van der Waals surface area contributed by atoms with Gasteiger partial charge in [0.05, 0.1) is 7.11 Å². The average Bonchev–Trinajstić information content (AvgIpc) is 2.71. The standard InChI is InChI=1S/C23H24N2O3/c1-17-4-6-18(7-5-17)14-24(2)23(27)16-25-15-20(10-13-22(25)26)19-8-11-21(28-3)12-9-19/h4-13,15H,14,16H2,1-3H3. The van der Waals surface area contributed by atoms with E-state index in [1.807, 2.05) is 55.5 Å². The summed E-state index contributed by atoms with van der Waals surface area (Å²) in [5.41, 5.74) is 3.86. The highest BCUT2D eigenvalue weighted by Crippen LogP contribution is 2.21. The molecule has 0 radical (unpaired) electrons. The van der Waals surface area contributed by atoms with Gasteiger partial charge in [-0.1, -0.05) is 42.0 Å². The Morgan fingerprint density at radius 2 is 1.61 bits per heavy atom. The third-order valence-corrected chi connectivity index (χ3v) is 4.68. The van der Waals surface area contributed by atoms with E-state index in [0.717, 1.165) is 22.4 Å². The molecule has 0 atom stereocenters. The van der Waals surface area contributed by atoms with Crippen LogP contribution in [-0.4, -0.2) is 29.5 Å². The molecule has 0 fully saturated rings. The second kappa shape index (κ2) is 8.57. The van der Waals surface area contributed by atoms with E-state index in [1.54, 1.807) is 31.3 Å². The number of likely N-dealkylation sites (N-methyl/N-ethyl adjacent to an activating group) is 1. The number of rotatable bonds is 6. The van der Waals surface area contributed by atoms with Crippen molar-refractivity contribution >= 4 is 5.91 Å². The quantitative estimate of drug-likeness (QED) is 0.662. The number of amides is 1. The molecule has 5 heteroatoms. The van der Waals surface area contributed by atoms with E-state index in [0.29, 0.717) is 6.54 Å². The van der Waals surface area contributed by atoms with Crippen LogP contribution in [0.15, 0.2) is 71.7 Å². The fourth-order valence-corrected chi connectivity index (χ4v) is 2.93. The molecule has 1 aromatic heterocycles. The molecule has 0 bridgehead atoms. The summed E-state index contributed by atoms with van der Waals surface area (Å²) in [7, 11) is 3.37. The Bertz CT molecular complexity index is 1010. The second-order valence-electron chi connectivity index (χ2n) is 6.85. The van der Waals surface area contributed by atoms with E-state index in [2.05, 4.69) is 0 Å². The van der Waals surface area contributed by atoms with Gasteiger partial charge in [0.2, 0.25) is 5.91 Å². The molecule has 3 rings (SSSR count). The van der Waals surface area contributed by atoms with Crippen LogP contribution in [0.3, 0.4) is 0 Å². The van der Waals surface area contributed by atoms with Crippen LogP contribution in [0.1, 0.15) is 11.1 Å².